The van der Waals surface area contributed by atoms with Gasteiger partial charge >= 0.3 is 0 Å². The molecule has 0 aromatic carbocycles. The van der Waals surface area contributed by atoms with Gasteiger partial charge in [-0.05, 0) is 57.1 Å². The van der Waals surface area contributed by atoms with Gasteiger partial charge in [0, 0.05) is 11.8 Å². The maximum absolute atomic E-state index is 6.03. The van der Waals surface area contributed by atoms with Crippen LogP contribution in [-0.2, 0) is 0 Å². The number of hydrogen-bond donors (Lipinski definition) is 1. The van der Waals surface area contributed by atoms with Crippen LogP contribution in [0.2, 0.25) is 5.15 Å². The van der Waals surface area contributed by atoms with E-state index >= 15 is 0 Å². The number of hydrogen-bond acceptors (Lipinski definition) is 6. The smallest absolute Gasteiger partial charge is 0.254 e. The number of aromatic nitrogens is 4. The maximum atomic E-state index is 6.03. The van der Waals surface area contributed by atoms with Crippen molar-refractivity contribution in [3.63, 3.8) is 0 Å². The van der Waals surface area contributed by atoms with E-state index in [4.69, 9.17) is 11.6 Å². The summed E-state index contributed by atoms with van der Waals surface area (Å²) in [5, 5.41) is 3.82. The molecule has 0 bridgehead atoms. The van der Waals surface area contributed by atoms with E-state index in [0.29, 0.717) is 40.5 Å². The second kappa shape index (κ2) is 7.27. The summed E-state index contributed by atoms with van der Waals surface area (Å²) in [6.45, 7) is 4.21. The number of anilines is 1. The highest BCUT2D eigenvalue weighted by molar-refractivity contribution is 6.29. The van der Waals surface area contributed by atoms with Crippen LogP contribution in [0.3, 0.4) is 0 Å². The lowest BCUT2D eigenvalue weighted by molar-refractivity contribution is 0.637. The third-order valence-corrected chi connectivity index (χ3v) is 4.98. The van der Waals surface area contributed by atoms with Crippen molar-refractivity contribution in [2.45, 2.75) is 52.0 Å². The SMILES string of the molecule is C/C(=N\c1nc(N[C@H](C)CC2CC2)nc(-c2cccc(Cl)n2)n1)C1CC1. The molecule has 2 aromatic rings. The summed E-state index contributed by atoms with van der Waals surface area (Å²) in [6, 6.07) is 5.74. The molecule has 0 unspecified atom stereocenters. The zero-order valence-electron chi connectivity index (χ0n) is 15.1. The van der Waals surface area contributed by atoms with Crippen molar-refractivity contribution in [3.05, 3.63) is 23.4 Å². The second-order valence-corrected chi connectivity index (χ2v) is 7.77. The minimum absolute atomic E-state index is 0.312. The molecular weight excluding hydrogens is 348 g/mol. The standard InChI is InChI=1S/C19H23ClN6/c1-11(10-13-6-7-13)21-18-24-17(15-4-3-5-16(20)23-15)25-19(26-18)22-12(2)14-8-9-14/h3-5,11,13-14H,6-10H2,1-2H3,(H,21,24,25,26)/b22-12+/t11-/m1/s1. The Morgan fingerprint density at radius 2 is 2.00 bits per heavy atom. The van der Waals surface area contributed by atoms with E-state index in [1.165, 1.54) is 25.7 Å². The summed E-state index contributed by atoms with van der Waals surface area (Å²) < 4.78 is 0. The van der Waals surface area contributed by atoms with Crippen LogP contribution >= 0.6 is 11.6 Å². The Balaban J connectivity index is 1.65. The molecule has 0 radical (unpaired) electrons. The number of halogens is 1. The van der Waals surface area contributed by atoms with Crippen LogP contribution < -0.4 is 5.32 Å². The lowest BCUT2D eigenvalue weighted by atomic mass is 10.2. The summed E-state index contributed by atoms with van der Waals surface area (Å²) in [6.07, 6.45) is 6.20. The van der Waals surface area contributed by atoms with Crippen molar-refractivity contribution >= 4 is 29.2 Å². The van der Waals surface area contributed by atoms with Gasteiger partial charge in [0.1, 0.15) is 10.8 Å². The van der Waals surface area contributed by atoms with Gasteiger partial charge < -0.3 is 5.32 Å². The van der Waals surface area contributed by atoms with Crippen LogP contribution in [0, 0.1) is 11.8 Å². The molecule has 26 heavy (non-hydrogen) atoms. The predicted molar refractivity (Wildman–Crippen MR) is 104 cm³/mol. The Hall–Kier alpha value is -2.08. The molecule has 0 amide bonds. The maximum Gasteiger partial charge on any atom is 0.254 e. The molecule has 0 saturated heterocycles. The highest BCUT2D eigenvalue weighted by Crippen LogP contribution is 2.34. The minimum atomic E-state index is 0.312. The number of nitrogens with one attached hydrogen (secondary N) is 1. The average Bonchev–Trinajstić information content (AvgIpc) is 3.48. The van der Waals surface area contributed by atoms with E-state index in [9.17, 15) is 0 Å². The summed E-state index contributed by atoms with van der Waals surface area (Å²) >= 11 is 6.03. The van der Waals surface area contributed by atoms with Gasteiger partial charge in [-0.3, -0.25) is 0 Å². The zero-order valence-corrected chi connectivity index (χ0v) is 15.9. The number of aliphatic imine (C=N–C) groups is 1. The van der Waals surface area contributed by atoms with E-state index in [-0.39, 0.29) is 0 Å². The lowest BCUT2D eigenvalue weighted by Gasteiger charge is -2.14. The van der Waals surface area contributed by atoms with Crippen molar-refractivity contribution in [1.82, 2.24) is 19.9 Å². The summed E-state index contributed by atoms with van der Waals surface area (Å²) in [5.74, 6) is 2.88. The molecule has 6 nitrogen and oxygen atoms in total. The van der Waals surface area contributed by atoms with Crippen molar-refractivity contribution in [2.75, 3.05) is 5.32 Å². The van der Waals surface area contributed by atoms with Gasteiger partial charge in [0.25, 0.3) is 5.95 Å². The highest BCUT2D eigenvalue weighted by Gasteiger charge is 2.25. The summed E-state index contributed by atoms with van der Waals surface area (Å²) in [5.41, 5.74) is 1.71. The molecule has 2 saturated carbocycles. The first kappa shape index (κ1) is 17.3. The van der Waals surface area contributed by atoms with E-state index in [1.54, 1.807) is 6.07 Å². The fraction of sp³-hybridized carbons (Fsp3) is 0.526. The molecule has 2 aliphatic carbocycles. The van der Waals surface area contributed by atoms with Crippen LogP contribution in [0.25, 0.3) is 11.5 Å². The Morgan fingerprint density at radius 1 is 1.19 bits per heavy atom. The molecule has 1 N–H and O–H groups in total. The van der Waals surface area contributed by atoms with Gasteiger partial charge in [0.2, 0.25) is 5.95 Å². The number of nitrogens with zero attached hydrogens (tertiary/aromatic N) is 5. The fourth-order valence-corrected chi connectivity index (χ4v) is 3.17. The van der Waals surface area contributed by atoms with Gasteiger partial charge in [-0.15, -0.1) is 0 Å². The lowest BCUT2D eigenvalue weighted by Crippen LogP contribution is -2.18. The second-order valence-electron chi connectivity index (χ2n) is 7.38. The monoisotopic (exact) mass is 370 g/mol. The molecule has 0 aliphatic heterocycles. The molecule has 7 heteroatoms. The van der Waals surface area contributed by atoms with Gasteiger partial charge in [0.15, 0.2) is 5.82 Å². The first-order valence-corrected chi connectivity index (χ1v) is 9.65. The molecule has 2 fully saturated rings. The van der Waals surface area contributed by atoms with E-state index in [2.05, 4.69) is 37.2 Å². The largest absolute Gasteiger partial charge is 0.352 e. The van der Waals surface area contributed by atoms with Crippen molar-refractivity contribution < 1.29 is 0 Å². The Kier molecular flexibility index (Phi) is 4.85. The zero-order chi connectivity index (χ0) is 18.1. The summed E-state index contributed by atoms with van der Waals surface area (Å²) in [4.78, 5) is 22.5. The third kappa shape index (κ3) is 4.55. The number of rotatable bonds is 7. The van der Waals surface area contributed by atoms with Crippen molar-refractivity contribution in [1.29, 1.82) is 0 Å². The van der Waals surface area contributed by atoms with E-state index < -0.39 is 0 Å². The Labute approximate surface area is 158 Å². The van der Waals surface area contributed by atoms with Crippen molar-refractivity contribution in [3.8, 4) is 11.5 Å². The van der Waals surface area contributed by atoms with Crippen LogP contribution in [0.4, 0.5) is 11.9 Å². The fourth-order valence-electron chi connectivity index (χ4n) is 3.01. The molecule has 136 valence electrons. The van der Waals surface area contributed by atoms with Gasteiger partial charge in [-0.2, -0.15) is 15.0 Å². The van der Waals surface area contributed by atoms with E-state index in [1.807, 2.05) is 19.1 Å². The highest BCUT2D eigenvalue weighted by atomic mass is 35.5. The molecule has 1 atom stereocenters. The molecular formula is C19H23ClN6. The quantitative estimate of drug-likeness (QED) is 0.565. The molecule has 4 rings (SSSR count). The van der Waals surface area contributed by atoms with Crippen LogP contribution in [0.1, 0.15) is 46.0 Å². The first-order valence-electron chi connectivity index (χ1n) is 9.27. The minimum Gasteiger partial charge on any atom is -0.352 e. The average molecular weight is 371 g/mol. The normalized spacial score (nSPS) is 18.7. The topological polar surface area (TPSA) is 76.0 Å². The van der Waals surface area contributed by atoms with Crippen molar-refractivity contribution in [2.24, 2.45) is 16.8 Å². The van der Waals surface area contributed by atoms with Crippen LogP contribution in [0.15, 0.2) is 23.2 Å². The Morgan fingerprint density at radius 3 is 2.69 bits per heavy atom. The van der Waals surface area contributed by atoms with Crippen LogP contribution in [0.5, 0.6) is 0 Å². The Bertz CT molecular complexity index is 829. The van der Waals surface area contributed by atoms with Gasteiger partial charge in [0.05, 0.1) is 0 Å². The number of pyridine rings is 1. The first-order chi connectivity index (χ1) is 12.6. The van der Waals surface area contributed by atoms with Gasteiger partial charge in [-0.1, -0.05) is 30.5 Å². The molecule has 2 heterocycles. The summed E-state index contributed by atoms with van der Waals surface area (Å²) in [7, 11) is 0. The van der Waals surface area contributed by atoms with E-state index in [0.717, 1.165) is 18.1 Å². The molecule has 2 aromatic heterocycles. The molecule has 2 aliphatic rings. The third-order valence-electron chi connectivity index (χ3n) is 4.77. The predicted octanol–water partition coefficient (Wildman–Crippen LogP) is 4.69. The van der Waals surface area contributed by atoms with Crippen LogP contribution in [-0.4, -0.2) is 31.7 Å². The van der Waals surface area contributed by atoms with Gasteiger partial charge in [-0.25, -0.2) is 9.98 Å². The molecule has 0 spiro atoms.